The van der Waals surface area contributed by atoms with Crippen LogP contribution in [0.5, 0.6) is 5.75 Å². The molecule has 4 nitrogen and oxygen atoms in total. The molecule has 14 heavy (non-hydrogen) atoms. The molecule has 0 atom stereocenters. The number of aliphatic hydroxyl groups excluding tert-OH is 1. The molecule has 4 heteroatoms. The summed E-state index contributed by atoms with van der Waals surface area (Å²) in [6.07, 6.45) is 0.198. The van der Waals surface area contributed by atoms with Crippen molar-refractivity contribution in [3.8, 4) is 5.75 Å². The van der Waals surface area contributed by atoms with E-state index in [1.165, 1.54) is 0 Å². The maximum absolute atomic E-state index is 10.4. The third-order valence-corrected chi connectivity index (χ3v) is 1.70. The number of carbonyl (C=O) groups is 1. The number of ether oxygens (including phenoxy) is 1. The molecule has 1 rings (SSSR count). The van der Waals surface area contributed by atoms with Gasteiger partial charge in [-0.2, -0.15) is 0 Å². The predicted molar refractivity (Wildman–Crippen MR) is 51.7 cm³/mol. The van der Waals surface area contributed by atoms with Gasteiger partial charge in [0.1, 0.15) is 5.75 Å². The van der Waals surface area contributed by atoms with Gasteiger partial charge in [0, 0.05) is 0 Å². The summed E-state index contributed by atoms with van der Waals surface area (Å²) < 4.78 is 5.25. The Hall–Kier alpha value is -1.55. The summed E-state index contributed by atoms with van der Waals surface area (Å²) in [5.41, 5.74) is 5.73. The largest absolute Gasteiger partial charge is 0.493 e. The zero-order valence-corrected chi connectivity index (χ0v) is 7.77. The van der Waals surface area contributed by atoms with Gasteiger partial charge in [0.25, 0.3) is 0 Å². The fourth-order valence-corrected chi connectivity index (χ4v) is 1.00. The Kier molecular flexibility index (Phi) is 3.94. The first-order valence-electron chi connectivity index (χ1n) is 4.33. The second-order valence-electron chi connectivity index (χ2n) is 2.87. The van der Waals surface area contributed by atoms with Crippen molar-refractivity contribution in [1.82, 2.24) is 0 Å². The lowest BCUT2D eigenvalue weighted by Crippen LogP contribution is -2.14. The zero-order chi connectivity index (χ0) is 10.4. The zero-order valence-electron chi connectivity index (χ0n) is 7.77. The van der Waals surface area contributed by atoms with Crippen LogP contribution in [0.1, 0.15) is 12.0 Å². The molecule has 0 saturated carbocycles. The summed E-state index contributed by atoms with van der Waals surface area (Å²) in [6.45, 7) is 0.247. The molecular formula is C10H13NO3. The number of nitrogens with two attached hydrogens (primary N) is 1. The highest BCUT2D eigenvalue weighted by molar-refractivity contribution is 5.73. The van der Waals surface area contributed by atoms with E-state index in [4.69, 9.17) is 15.6 Å². The molecule has 0 fully saturated rings. The van der Waals surface area contributed by atoms with Crippen LogP contribution in [0, 0.1) is 0 Å². The normalized spacial score (nSPS) is 9.79. The highest BCUT2D eigenvalue weighted by Gasteiger charge is 1.97. The molecule has 0 aliphatic rings. The minimum Gasteiger partial charge on any atom is -0.493 e. The molecule has 0 unspecified atom stereocenters. The van der Waals surface area contributed by atoms with Gasteiger partial charge in [-0.15, -0.1) is 0 Å². The van der Waals surface area contributed by atoms with Crippen LogP contribution in [-0.4, -0.2) is 17.6 Å². The summed E-state index contributed by atoms with van der Waals surface area (Å²) in [4.78, 5) is 10.4. The van der Waals surface area contributed by atoms with E-state index >= 15 is 0 Å². The average Bonchev–Trinajstić information content (AvgIpc) is 2.18. The van der Waals surface area contributed by atoms with Crippen molar-refractivity contribution in [3.05, 3.63) is 29.8 Å². The van der Waals surface area contributed by atoms with Gasteiger partial charge < -0.3 is 15.6 Å². The summed E-state index contributed by atoms with van der Waals surface area (Å²) >= 11 is 0. The minimum atomic E-state index is -0.386. The highest BCUT2D eigenvalue weighted by atomic mass is 16.5. The maximum Gasteiger partial charge on any atom is 0.220 e. The van der Waals surface area contributed by atoms with E-state index in [1.807, 2.05) is 0 Å². The number of aliphatic hydroxyl groups is 1. The van der Waals surface area contributed by atoms with E-state index in [-0.39, 0.29) is 25.5 Å². The fourth-order valence-electron chi connectivity index (χ4n) is 1.00. The third kappa shape index (κ3) is 3.45. The number of amides is 1. The van der Waals surface area contributed by atoms with Crippen molar-refractivity contribution in [2.24, 2.45) is 5.73 Å². The molecule has 0 heterocycles. The molecule has 3 N–H and O–H groups in total. The monoisotopic (exact) mass is 195 g/mol. The van der Waals surface area contributed by atoms with Gasteiger partial charge in [-0.3, -0.25) is 4.79 Å². The smallest absolute Gasteiger partial charge is 0.220 e. The lowest BCUT2D eigenvalue weighted by atomic mass is 10.2. The van der Waals surface area contributed by atoms with Gasteiger partial charge in [-0.25, -0.2) is 0 Å². The van der Waals surface area contributed by atoms with E-state index < -0.39 is 0 Å². The number of benzene rings is 1. The summed E-state index contributed by atoms with van der Waals surface area (Å²) in [6, 6.07) is 7.06. The molecule has 0 aromatic heterocycles. The molecule has 0 aliphatic carbocycles. The number of hydrogen-bond acceptors (Lipinski definition) is 3. The number of carbonyl (C=O) groups excluding carboxylic acids is 1. The average molecular weight is 195 g/mol. The molecule has 1 amide bonds. The van der Waals surface area contributed by atoms with Crippen LogP contribution in [0.25, 0.3) is 0 Å². The van der Waals surface area contributed by atoms with Gasteiger partial charge >= 0.3 is 0 Å². The minimum absolute atomic E-state index is 0.0208. The Bertz CT molecular complexity index is 312. The molecule has 0 spiro atoms. The van der Waals surface area contributed by atoms with Gasteiger partial charge in [0.15, 0.2) is 0 Å². The van der Waals surface area contributed by atoms with Crippen LogP contribution in [0.4, 0.5) is 0 Å². The first-order valence-corrected chi connectivity index (χ1v) is 4.33. The Morgan fingerprint density at radius 1 is 1.50 bits per heavy atom. The quantitative estimate of drug-likeness (QED) is 0.715. The Morgan fingerprint density at radius 2 is 2.29 bits per heavy atom. The second-order valence-corrected chi connectivity index (χ2v) is 2.87. The molecule has 0 radical (unpaired) electrons. The lowest BCUT2D eigenvalue weighted by molar-refractivity contribution is -0.118. The number of hydrogen-bond donors (Lipinski definition) is 2. The third-order valence-electron chi connectivity index (χ3n) is 1.70. The van der Waals surface area contributed by atoms with Crippen LogP contribution < -0.4 is 10.5 Å². The van der Waals surface area contributed by atoms with E-state index in [0.717, 1.165) is 5.56 Å². The van der Waals surface area contributed by atoms with Gasteiger partial charge in [-0.05, 0) is 17.7 Å². The molecule has 1 aromatic carbocycles. The molecule has 0 bridgehead atoms. The van der Waals surface area contributed by atoms with E-state index in [0.29, 0.717) is 5.75 Å². The molecule has 0 aliphatic heterocycles. The van der Waals surface area contributed by atoms with Crippen LogP contribution in [0.2, 0.25) is 0 Å². The number of rotatable bonds is 5. The van der Waals surface area contributed by atoms with Gasteiger partial charge in [0.05, 0.1) is 19.6 Å². The summed E-state index contributed by atoms with van der Waals surface area (Å²) in [7, 11) is 0. The summed E-state index contributed by atoms with van der Waals surface area (Å²) in [5.74, 6) is 0.251. The van der Waals surface area contributed by atoms with Crippen molar-refractivity contribution in [3.63, 3.8) is 0 Å². The van der Waals surface area contributed by atoms with Crippen molar-refractivity contribution < 1.29 is 14.6 Å². The van der Waals surface area contributed by atoms with E-state index in [2.05, 4.69) is 0 Å². The molecular weight excluding hydrogens is 182 g/mol. The maximum atomic E-state index is 10.4. The van der Waals surface area contributed by atoms with Gasteiger partial charge in [0.2, 0.25) is 5.91 Å². The van der Waals surface area contributed by atoms with Crippen molar-refractivity contribution in [2.75, 3.05) is 6.61 Å². The predicted octanol–water partition coefficient (Wildman–Crippen LogP) is 0.433. The van der Waals surface area contributed by atoms with Gasteiger partial charge in [-0.1, -0.05) is 12.1 Å². The van der Waals surface area contributed by atoms with Crippen molar-refractivity contribution >= 4 is 5.91 Å². The Balaban J connectivity index is 2.46. The van der Waals surface area contributed by atoms with Crippen LogP contribution >= 0.6 is 0 Å². The fraction of sp³-hybridized carbons (Fsp3) is 0.300. The Morgan fingerprint density at radius 3 is 2.93 bits per heavy atom. The molecule has 0 saturated heterocycles. The van der Waals surface area contributed by atoms with Crippen molar-refractivity contribution in [2.45, 2.75) is 13.0 Å². The highest BCUT2D eigenvalue weighted by Crippen LogP contribution is 2.13. The van der Waals surface area contributed by atoms with E-state index in [9.17, 15) is 4.79 Å². The summed E-state index contributed by atoms with van der Waals surface area (Å²) in [5, 5.41) is 8.85. The second kappa shape index (κ2) is 5.24. The molecule has 76 valence electrons. The standard InChI is InChI=1S/C10H13NO3/c11-10(13)4-5-14-9-3-1-2-8(6-9)7-12/h1-3,6,12H,4-5,7H2,(H2,11,13). The molecule has 1 aromatic rings. The SMILES string of the molecule is NC(=O)CCOc1cccc(CO)c1. The van der Waals surface area contributed by atoms with Crippen LogP contribution in [0.15, 0.2) is 24.3 Å². The first-order chi connectivity index (χ1) is 6.72. The topological polar surface area (TPSA) is 72.6 Å². The van der Waals surface area contributed by atoms with Crippen LogP contribution in [-0.2, 0) is 11.4 Å². The Labute approximate surface area is 82.3 Å². The first kappa shape index (κ1) is 10.5. The van der Waals surface area contributed by atoms with E-state index in [1.54, 1.807) is 24.3 Å². The lowest BCUT2D eigenvalue weighted by Gasteiger charge is -2.05. The van der Waals surface area contributed by atoms with Crippen LogP contribution in [0.3, 0.4) is 0 Å². The van der Waals surface area contributed by atoms with Crippen molar-refractivity contribution in [1.29, 1.82) is 0 Å². The number of primary amides is 1.